The first-order valence-electron chi connectivity index (χ1n) is 12.1. The molecule has 2 aliphatic heterocycles. The third-order valence-corrected chi connectivity index (χ3v) is 6.75. The van der Waals surface area contributed by atoms with Gasteiger partial charge in [-0.25, -0.2) is 9.97 Å². The SMILES string of the molecule is Cc1cc(C(=O)c2cc(N3CCC(N4C=CNC4)CC3)ncn2)cc(C)c1OCc1ccccc1. The monoisotopic (exact) mass is 469 g/mol. The molecule has 0 saturated carbocycles. The highest BCUT2D eigenvalue weighted by molar-refractivity contribution is 6.08. The van der Waals surface area contributed by atoms with Gasteiger partial charge in [0.15, 0.2) is 0 Å². The summed E-state index contributed by atoms with van der Waals surface area (Å²) in [6.07, 6.45) is 7.74. The van der Waals surface area contributed by atoms with Gasteiger partial charge in [-0.2, -0.15) is 0 Å². The number of nitrogens with zero attached hydrogens (tertiary/aromatic N) is 4. The Morgan fingerprint density at radius 3 is 2.49 bits per heavy atom. The molecular weight excluding hydrogens is 438 g/mol. The van der Waals surface area contributed by atoms with E-state index in [9.17, 15) is 4.79 Å². The maximum absolute atomic E-state index is 13.3. The second-order valence-electron chi connectivity index (χ2n) is 9.21. The summed E-state index contributed by atoms with van der Waals surface area (Å²) in [4.78, 5) is 26.7. The predicted octanol–water partition coefficient (Wildman–Crippen LogP) is 4.21. The van der Waals surface area contributed by atoms with Gasteiger partial charge in [-0.1, -0.05) is 30.3 Å². The van der Waals surface area contributed by atoms with E-state index in [0.717, 1.165) is 60.9 Å². The average Bonchev–Trinajstić information content (AvgIpc) is 3.44. The average molecular weight is 470 g/mol. The molecule has 0 atom stereocenters. The third-order valence-electron chi connectivity index (χ3n) is 6.75. The van der Waals surface area contributed by atoms with Gasteiger partial charge in [-0.15, -0.1) is 0 Å². The van der Waals surface area contributed by atoms with Gasteiger partial charge in [0.2, 0.25) is 5.78 Å². The Bertz CT molecular complexity index is 1200. The van der Waals surface area contributed by atoms with E-state index < -0.39 is 0 Å². The summed E-state index contributed by atoms with van der Waals surface area (Å²) >= 11 is 0. The van der Waals surface area contributed by atoms with Crippen LogP contribution in [0.5, 0.6) is 5.75 Å². The molecule has 1 fully saturated rings. The lowest BCUT2D eigenvalue weighted by Crippen LogP contribution is -2.43. The van der Waals surface area contributed by atoms with Crippen molar-refractivity contribution >= 4 is 11.6 Å². The molecule has 2 aromatic carbocycles. The van der Waals surface area contributed by atoms with E-state index in [0.29, 0.717) is 23.9 Å². The largest absolute Gasteiger partial charge is 0.488 e. The Morgan fingerprint density at radius 1 is 1.06 bits per heavy atom. The zero-order chi connectivity index (χ0) is 24.2. The van der Waals surface area contributed by atoms with Crippen LogP contribution in [-0.4, -0.2) is 46.5 Å². The number of rotatable bonds is 7. The number of benzene rings is 2. The van der Waals surface area contributed by atoms with E-state index in [2.05, 4.69) is 31.3 Å². The minimum Gasteiger partial charge on any atom is -0.488 e. The van der Waals surface area contributed by atoms with E-state index in [1.54, 1.807) is 0 Å². The highest BCUT2D eigenvalue weighted by Gasteiger charge is 2.25. The van der Waals surface area contributed by atoms with Crippen LogP contribution in [0.15, 0.2) is 67.3 Å². The number of aromatic nitrogens is 2. The van der Waals surface area contributed by atoms with Crippen molar-refractivity contribution in [3.63, 3.8) is 0 Å². The van der Waals surface area contributed by atoms with Crippen LogP contribution in [0.1, 0.15) is 45.6 Å². The van der Waals surface area contributed by atoms with Crippen molar-refractivity contribution < 1.29 is 9.53 Å². The molecule has 180 valence electrons. The highest BCUT2D eigenvalue weighted by atomic mass is 16.5. The number of carbonyl (C=O) groups is 1. The second kappa shape index (κ2) is 10.2. The van der Waals surface area contributed by atoms with Crippen LogP contribution >= 0.6 is 0 Å². The molecule has 0 spiro atoms. The number of piperidine rings is 1. The molecule has 3 aromatic rings. The van der Waals surface area contributed by atoms with Crippen molar-refractivity contribution in [1.29, 1.82) is 0 Å². The van der Waals surface area contributed by atoms with Gasteiger partial charge in [0.05, 0.1) is 6.67 Å². The zero-order valence-electron chi connectivity index (χ0n) is 20.3. The van der Waals surface area contributed by atoms with Crippen molar-refractivity contribution in [2.75, 3.05) is 24.7 Å². The van der Waals surface area contributed by atoms with Crippen LogP contribution in [0.4, 0.5) is 5.82 Å². The number of nitrogens with one attached hydrogen (secondary N) is 1. The molecule has 1 N–H and O–H groups in total. The summed E-state index contributed by atoms with van der Waals surface area (Å²) in [5.74, 6) is 1.53. The summed E-state index contributed by atoms with van der Waals surface area (Å²) in [6, 6.07) is 16.2. The molecule has 0 radical (unpaired) electrons. The fourth-order valence-electron chi connectivity index (χ4n) is 4.87. The molecule has 3 heterocycles. The normalized spacial score (nSPS) is 15.8. The molecular formula is C28H31N5O2. The summed E-state index contributed by atoms with van der Waals surface area (Å²) < 4.78 is 6.08. The van der Waals surface area contributed by atoms with E-state index >= 15 is 0 Å². The van der Waals surface area contributed by atoms with Crippen molar-refractivity contribution in [3.8, 4) is 5.75 Å². The number of ether oxygens (including phenoxy) is 1. The molecule has 0 unspecified atom stereocenters. The van der Waals surface area contributed by atoms with Crippen molar-refractivity contribution in [2.24, 2.45) is 0 Å². The van der Waals surface area contributed by atoms with Crippen LogP contribution in [0.25, 0.3) is 0 Å². The molecule has 0 amide bonds. The number of carbonyl (C=O) groups excluding carboxylic acids is 1. The second-order valence-corrected chi connectivity index (χ2v) is 9.21. The van der Waals surface area contributed by atoms with Gasteiger partial charge in [0.1, 0.15) is 30.2 Å². The topological polar surface area (TPSA) is 70.6 Å². The Labute approximate surface area is 206 Å². The number of aryl methyl sites for hydroxylation is 2. The Morgan fingerprint density at radius 2 is 1.80 bits per heavy atom. The predicted molar refractivity (Wildman–Crippen MR) is 136 cm³/mol. The molecule has 5 rings (SSSR count). The van der Waals surface area contributed by atoms with Crippen molar-refractivity contribution in [2.45, 2.75) is 39.3 Å². The molecule has 0 bridgehead atoms. The van der Waals surface area contributed by atoms with Crippen molar-refractivity contribution in [1.82, 2.24) is 20.2 Å². The number of hydrogen-bond acceptors (Lipinski definition) is 7. The molecule has 7 nitrogen and oxygen atoms in total. The van der Waals surface area contributed by atoms with Crippen LogP contribution in [-0.2, 0) is 6.61 Å². The van der Waals surface area contributed by atoms with Crippen LogP contribution in [0.3, 0.4) is 0 Å². The molecule has 7 heteroatoms. The zero-order valence-corrected chi connectivity index (χ0v) is 20.3. The third kappa shape index (κ3) is 5.14. The van der Waals surface area contributed by atoms with Gasteiger partial charge in [0, 0.05) is 43.2 Å². The number of hydrogen-bond donors (Lipinski definition) is 1. The summed E-state index contributed by atoms with van der Waals surface area (Å²) in [7, 11) is 0. The van der Waals surface area contributed by atoms with Gasteiger partial charge in [0.25, 0.3) is 0 Å². The van der Waals surface area contributed by atoms with E-state index in [1.165, 1.54) is 6.33 Å². The first-order valence-corrected chi connectivity index (χ1v) is 12.1. The van der Waals surface area contributed by atoms with Crippen LogP contribution in [0.2, 0.25) is 0 Å². The fourth-order valence-corrected chi connectivity index (χ4v) is 4.87. The van der Waals surface area contributed by atoms with Crippen molar-refractivity contribution in [3.05, 3.63) is 95.2 Å². The molecule has 2 aliphatic rings. The van der Waals surface area contributed by atoms with Crippen LogP contribution in [0, 0.1) is 13.8 Å². The van der Waals surface area contributed by atoms with Gasteiger partial charge in [-0.3, -0.25) is 4.79 Å². The fraction of sp³-hybridized carbons (Fsp3) is 0.321. The first-order chi connectivity index (χ1) is 17.1. The maximum atomic E-state index is 13.3. The van der Waals surface area contributed by atoms with Crippen LogP contribution < -0.4 is 15.0 Å². The summed E-state index contributed by atoms with van der Waals surface area (Å²) in [5.41, 5.74) is 4.01. The molecule has 35 heavy (non-hydrogen) atoms. The minimum atomic E-state index is -0.0994. The van der Waals surface area contributed by atoms with Gasteiger partial charge < -0.3 is 19.9 Å². The van der Waals surface area contributed by atoms with Gasteiger partial charge >= 0.3 is 0 Å². The summed E-state index contributed by atoms with van der Waals surface area (Å²) in [6.45, 7) is 7.14. The number of anilines is 1. The molecule has 1 aromatic heterocycles. The Hall–Kier alpha value is -3.87. The highest BCUT2D eigenvalue weighted by Crippen LogP contribution is 2.28. The molecule has 1 saturated heterocycles. The first kappa shape index (κ1) is 22.9. The van der Waals surface area contributed by atoms with E-state index in [1.807, 2.05) is 68.6 Å². The lowest BCUT2D eigenvalue weighted by atomic mass is 10.0. The number of ketones is 1. The Balaban J connectivity index is 1.27. The summed E-state index contributed by atoms with van der Waals surface area (Å²) in [5, 5.41) is 3.24. The van der Waals surface area contributed by atoms with E-state index in [4.69, 9.17) is 4.74 Å². The lowest BCUT2D eigenvalue weighted by Gasteiger charge is -2.37. The standard InChI is InChI=1S/C28H31N5O2/c1-20-14-23(15-21(2)28(20)35-17-22-6-4-3-5-7-22)27(34)25-16-26(31-18-30-25)32-11-8-24(9-12-32)33-13-10-29-19-33/h3-7,10,13-16,18,24,29H,8-9,11-12,17,19H2,1-2H3. The Kier molecular flexibility index (Phi) is 6.66. The lowest BCUT2D eigenvalue weighted by molar-refractivity contribution is 0.103. The minimum absolute atomic E-state index is 0.0994. The van der Waals surface area contributed by atoms with E-state index in [-0.39, 0.29) is 5.78 Å². The van der Waals surface area contributed by atoms with Gasteiger partial charge in [-0.05, 0) is 55.5 Å². The smallest absolute Gasteiger partial charge is 0.211 e. The molecule has 0 aliphatic carbocycles. The maximum Gasteiger partial charge on any atom is 0.211 e. The quantitative estimate of drug-likeness (QED) is 0.520.